The van der Waals surface area contributed by atoms with Gasteiger partial charge in [-0.15, -0.1) is 11.3 Å². The van der Waals surface area contributed by atoms with Crippen LogP contribution in [0.1, 0.15) is 26.5 Å². The van der Waals surface area contributed by atoms with Gasteiger partial charge in [0.25, 0.3) is 0 Å². The van der Waals surface area contributed by atoms with Gasteiger partial charge in [-0.05, 0) is 31.9 Å². The summed E-state index contributed by atoms with van der Waals surface area (Å²) in [5.74, 6) is -0.175. The maximum absolute atomic E-state index is 12.1. The van der Waals surface area contributed by atoms with E-state index in [0.717, 1.165) is 22.0 Å². The molecule has 0 fully saturated rings. The largest absolute Gasteiger partial charge is 0.376 e. The second kappa shape index (κ2) is 7.45. The van der Waals surface area contributed by atoms with Crippen LogP contribution in [0, 0.1) is 24.2 Å². The van der Waals surface area contributed by atoms with Crippen molar-refractivity contribution < 1.29 is 4.79 Å². The molecule has 0 saturated carbocycles. The topological polar surface area (TPSA) is 77.8 Å². The molecule has 6 heteroatoms. The highest BCUT2D eigenvalue weighted by Crippen LogP contribution is 2.25. The van der Waals surface area contributed by atoms with E-state index in [1.165, 1.54) is 0 Å². The third-order valence-electron chi connectivity index (χ3n) is 3.97. The number of thiazole rings is 1. The summed E-state index contributed by atoms with van der Waals surface area (Å²) in [6.07, 6.45) is 0. The van der Waals surface area contributed by atoms with Crippen LogP contribution in [0.5, 0.6) is 0 Å². The highest BCUT2D eigenvalue weighted by atomic mass is 32.1. The maximum Gasteiger partial charge on any atom is 0.240 e. The molecule has 5 nitrogen and oxygen atoms in total. The first-order valence-corrected chi connectivity index (χ1v) is 8.70. The summed E-state index contributed by atoms with van der Waals surface area (Å²) in [5, 5.41) is 18.1. The zero-order valence-electron chi connectivity index (χ0n) is 14.4. The number of rotatable bonds is 6. The molecule has 0 bridgehead atoms. The predicted molar refractivity (Wildman–Crippen MR) is 97.8 cm³/mol. The second-order valence-corrected chi connectivity index (χ2v) is 7.10. The highest BCUT2D eigenvalue weighted by Gasteiger charge is 2.29. The van der Waals surface area contributed by atoms with E-state index < -0.39 is 5.54 Å². The van der Waals surface area contributed by atoms with Gasteiger partial charge in [0.1, 0.15) is 10.5 Å². The quantitative estimate of drug-likeness (QED) is 0.841. The number of carbonyl (C=O) groups excluding carboxylic acids is 1. The Morgan fingerprint density at radius 2 is 2.21 bits per heavy atom. The van der Waals surface area contributed by atoms with Gasteiger partial charge >= 0.3 is 0 Å². The molecule has 1 amide bonds. The van der Waals surface area contributed by atoms with Gasteiger partial charge in [-0.3, -0.25) is 4.79 Å². The summed E-state index contributed by atoms with van der Waals surface area (Å²) in [4.78, 5) is 16.6. The molecular weight excluding hydrogens is 320 g/mol. The summed E-state index contributed by atoms with van der Waals surface area (Å²) in [5.41, 5.74) is 2.00. The average molecular weight is 342 g/mol. The number of nitriles is 1. The minimum atomic E-state index is -0.862. The van der Waals surface area contributed by atoms with Crippen molar-refractivity contribution >= 4 is 22.9 Å². The van der Waals surface area contributed by atoms with Crippen LogP contribution in [0.15, 0.2) is 29.6 Å². The molecule has 24 heavy (non-hydrogen) atoms. The molecule has 2 aromatic rings. The Balaban J connectivity index is 2.00. The lowest BCUT2D eigenvalue weighted by Gasteiger charge is -2.27. The van der Waals surface area contributed by atoms with Crippen molar-refractivity contribution in [1.82, 2.24) is 10.3 Å². The monoisotopic (exact) mass is 342 g/mol. The molecule has 0 radical (unpaired) electrons. The van der Waals surface area contributed by atoms with Crippen LogP contribution >= 0.6 is 11.3 Å². The van der Waals surface area contributed by atoms with Crippen LogP contribution in [-0.2, 0) is 4.79 Å². The van der Waals surface area contributed by atoms with Crippen LogP contribution in [0.2, 0.25) is 0 Å². The van der Waals surface area contributed by atoms with Crippen molar-refractivity contribution in [2.45, 2.75) is 33.2 Å². The number of aromatic nitrogens is 1. The van der Waals surface area contributed by atoms with E-state index >= 15 is 0 Å². The van der Waals surface area contributed by atoms with E-state index in [1.807, 2.05) is 50.4 Å². The molecule has 1 heterocycles. The predicted octanol–water partition coefficient (Wildman–Crippen LogP) is 3.58. The zero-order valence-corrected chi connectivity index (χ0v) is 15.2. The molecular formula is C18H22N4OS. The lowest BCUT2D eigenvalue weighted by atomic mass is 9.90. The fourth-order valence-electron chi connectivity index (χ4n) is 2.07. The van der Waals surface area contributed by atoms with Crippen LogP contribution < -0.4 is 10.6 Å². The Morgan fingerprint density at radius 1 is 1.46 bits per heavy atom. The van der Waals surface area contributed by atoms with Gasteiger partial charge in [-0.2, -0.15) is 5.26 Å². The Morgan fingerprint density at radius 3 is 2.79 bits per heavy atom. The number of anilines is 1. The highest BCUT2D eigenvalue weighted by molar-refractivity contribution is 7.13. The van der Waals surface area contributed by atoms with Crippen LogP contribution in [-0.4, -0.2) is 23.0 Å². The summed E-state index contributed by atoms with van der Waals surface area (Å²) in [7, 11) is 0. The van der Waals surface area contributed by atoms with Crippen LogP contribution in [0.3, 0.4) is 0 Å². The number of nitrogens with one attached hydrogen (secondary N) is 2. The summed E-state index contributed by atoms with van der Waals surface area (Å²) in [6, 6.07) is 9.97. The third-order valence-corrected chi connectivity index (χ3v) is 4.98. The fourth-order valence-corrected chi connectivity index (χ4v) is 2.86. The van der Waals surface area contributed by atoms with E-state index in [0.29, 0.717) is 0 Å². The molecule has 1 atom stereocenters. The Labute approximate surface area is 146 Å². The standard InChI is InChI=1S/C18H22N4OS/c1-12(2)18(4,11-19)22-16(23)9-20-15-7-5-6-14(8-15)17-21-13(3)10-24-17/h5-8,10,12,20H,9H2,1-4H3,(H,22,23)/t18-/m1/s1. The van der Waals surface area contributed by atoms with Crippen molar-refractivity contribution in [3.63, 3.8) is 0 Å². The molecule has 1 aromatic heterocycles. The van der Waals surface area contributed by atoms with E-state index in [1.54, 1.807) is 18.3 Å². The number of nitrogens with zero attached hydrogens (tertiary/aromatic N) is 2. The molecule has 2 rings (SSSR count). The number of hydrogen-bond acceptors (Lipinski definition) is 5. The molecule has 0 aliphatic carbocycles. The first kappa shape index (κ1) is 18.0. The van der Waals surface area contributed by atoms with Crippen LogP contribution in [0.25, 0.3) is 10.6 Å². The fraction of sp³-hybridized carbons (Fsp3) is 0.389. The zero-order chi connectivity index (χ0) is 17.7. The molecule has 0 aliphatic heterocycles. The van der Waals surface area contributed by atoms with E-state index in [-0.39, 0.29) is 18.4 Å². The van der Waals surface area contributed by atoms with Crippen molar-refractivity contribution in [2.24, 2.45) is 5.92 Å². The first-order chi connectivity index (χ1) is 11.3. The number of benzene rings is 1. The van der Waals surface area contributed by atoms with E-state index in [9.17, 15) is 10.1 Å². The minimum Gasteiger partial charge on any atom is -0.376 e. The molecule has 0 unspecified atom stereocenters. The average Bonchev–Trinajstić information content (AvgIpc) is 2.99. The number of carbonyl (C=O) groups is 1. The Bertz CT molecular complexity index is 762. The van der Waals surface area contributed by atoms with Crippen molar-refractivity contribution in [2.75, 3.05) is 11.9 Å². The molecule has 0 aliphatic rings. The van der Waals surface area contributed by atoms with Gasteiger partial charge in [-0.25, -0.2) is 4.98 Å². The summed E-state index contributed by atoms with van der Waals surface area (Å²) >= 11 is 1.60. The maximum atomic E-state index is 12.1. The normalized spacial score (nSPS) is 13.2. The van der Waals surface area contributed by atoms with Gasteiger partial charge in [0.15, 0.2) is 0 Å². The van der Waals surface area contributed by atoms with Crippen molar-refractivity contribution in [3.05, 3.63) is 35.3 Å². The van der Waals surface area contributed by atoms with Gasteiger partial charge in [0.05, 0.1) is 12.6 Å². The van der Waals surface area contributed by atoms with Gasteiger partial charge in [0, 0.05) is 22.3 Å². The lowest BCUT2D eigenvalue weighted by Crippen LogP contribution is -2.50. The van der Waals surface area contributed by atoms with E-state index in [4.69, 9.17) is 0 Å². The van der Waals surface area contributed by atoms with E-state index in [2.05, 4.69) is 21.7 Å². The third kappa shape index (κ3) is 4.33. The molecule has 1 aromatic carbocycles. The number of amides is 1. The number of hydrogen-bond donors (Lipinski definition) is 2. The minimum absolute atomic E-state index is 0.0305. The Hall–Kier alpha value is -2.39. The number of aryl methyl sites for hydroxylation is 1. The Kier molecular flexibility index (Phi) is 5.58. The lowest BCUT2D eigenvalue weighted by molar-refractivity contribution is -0.121. The van der Waals surface area contributed by atoms with Crippen LogP contribution in [0.4, 0.5) is 5.69 Å². The first-order valence-electron chi connectivity index (χ1n) is 7.83. The SMILES string of the molecule is Cc1csc(-c2cccc(NCC(=O)N[C@](C)(C#N)C(C)C)c2)n1. The molecule has 126 valence electrons. The molecule has 0 saturated heterocycles. The second-order valence-electron chi connectivity index (χ2n) is 6.25. The smallest absolute Gasteiger partial charge is 0.240 e. The van der Waals surface area contributed by atoms with Gasteiger partial charge in [-0.1, -0.05) is 26.0 Å². The van der Waals surface area contributed by atoms with Gasteiger partial charge < -0.3 is 10.6 Å². The van der Waals surface area contributed by atoms with Crippen molar-refractivity contribution in [3.8, 4) is 16.6 Å². The van der Waals surface area contributed by atoms with Gasteiger partial charge in [0.2, 0.25) is 5.91 Å². The molecule has 0 spiro atoms. The van der Waals surface area contributed by atoms with Crippen molar-refractivity contribution in [1.29, 1.82) is 5.26 Å². The molecule has 2 N–H and O–H groups in total. The summed E-state index contributed by atoms with van der Waals surface area (Å²) < 4.78 is 0. The summed E-state index contributed by atoms with van der Waals surface area (Å²) in [6.45, 7) is 7.64.